The zero-order chi connectivity index (χ0) is 23.5. The smallest absolute Gasteiger partial charge is 0.252 e. The molecule has 5 rings (SSSR count). The van der Waals surface area contributed by atoms with Crippen LogP contribution in [-0.4, -0.2) is 77.3 Å². The number of pyridine rings is 1. The molecule has 0 aliphatic carbocycles. The van der Waals surface area contributed by atoms with E-state index in [0.29, 0.717) is 42.6 Å². The van der Waals surface area contributed by atoms with Gasteiger partial charge in [-0.1, -0.05) is 24.3 Å². The van der Waals surface area contributed by atoms with Gasteiger partial charge in [0.1, 0.15) is 6.04 Å². The number of fused-ring (bicyclic) bond motifs is 2. The molecule has 0 spiro atoms. The molecule has 9 heteroatoms. The van der Waals surface area contributed by atoms with E-state index in [4.69, 9.17) is 9.47 Å². The molecule has 0 unspecified atom stereocenters. The topological polar surface area (TPSA) is 104 Å². The van der Waals surface area contributed by atoms with Crippen LogP contribution in [0.3, 0.4) is 0 Å². The van der Waals surface area contributed by atoms with Gasteiger partial charge in [-0.05, 0) is 29.8 Å². The number of aliphatic hydroxyl groups is 1. The van der Waals surface area contributed by atoms with Crippen LogP contribution in [0.4, 0.5) is 0 Å². The fourth-order valence-corrected chi connectivity index (χ4v) is 4.36. The Morgan fingerprint density at radius 1 is 1.03 bits per heavy atom. The van der Waals surface area contributed by atoms with E-state index in [0.717, 1.165) is 23.6 Å². The van der Waals surface area contributed by atoms with Crippen LogP contribution >= 0.6 is 0 Å². The van der Waals surface area contributed by atoms with Crippen molar-refractivity contribution in [2.24, 2.45) is 0 Å². The highest BCUT2D eigenvalue weighted by Gasteiger charge is 2.29. The molecule has 3 aromatic rings. The third-order valence-corrected chi connectivity index (χ3v) is 6.21. The Morgan fingerprint density at radius 2 is 1.82 bits per heavy atom. The van der Waals surface area contributed by atoms with Crippen LogP contribution in [0.1, 0.15) is 15.9 Å². The second-order valence-electron chi connectivity index (χ2n) is 8.37. The quantitative estimate of drug-likeness (QED) is 0.571. The van der Waals surface area contributed by atoms with Gasteiger partial charge in [0.05, 0.1) is 17.7 Å². The van der Waals surface area contributed by atoms with E-state index in [1.165, 1.54) is 0 Å². The number of nitrogens with one attached hydrogen (secondary N) is 1. The zero-order valence-electron chi connectivity index (χ0n) is 18.6. The molecule has 2 aliphatic heterocycles. The fourth-order valence-electron chi connectivity index (χ4n) is 4.36. The fraction of sp³-hybridized carbons (Fsp3) is 0.320. The van der Waals surface area contributed by atoms with Crippen LogP contribution in [0, 0.1) is 0 Å². The Bertz CT molecular complexity index is 1200. The summed E-state index contributed by atoms with van der Waals surface area (Å²) in [6.07, 6.45) is 1.56. The summed E-state index contributed by atoms with van der Waals surface area (Å²) in [5, 5.41) is 13.3. The van der Waals surface area contributed by atoms with Crippen LogP contribution in [0.2, 0.25) is 0 Å². The summed E-state index contributed by atoms with van der Waals surface area (Å²) in [7, 11) is 0. The lowest BCUT2D eigenvalue weighted by Crippen LogP contribution is -2.55. The predicted octanol–water partition coefficient (Wildman–Crippen LogP) is 1.40. The molecule has 3 heterocycles. The first kappa shape index (κ1) is 22.1. The molecule has 0 bridgehead atoms. The number of benzene rings is 2. The zero-order valence-corrected chi connectivity index (χ0v) is 18.6. The van der Waals surface area contributed by atoms with Gasteiger partial charge in [0.2, 0.25) is 12.7 Å². The molecular formula is C25H26N4O5. The van der Waals surface area contributed by atoms with Crippen molar-refractivity contribution in [3.8, 4) is 11.5 Å². The molecule has 1 saturated heterocycles. The van der Waals surface area contributed by atoms with E-state index < -0.39 is 18.6 Å². The number of para-hydroxylation sites is 1. The lowest BCUT2D eigenvalue weighted by Gasteiger charge is -2.36. The highest BCUT2D eigenvalue weighted by atomic mass is 16.7. The maximum Gasteiger partial charge on any atom is 0.252 e. The summed E-state index contributed by atoms with van der Waals surface area (Å²) in [4.78, 5) is 34.2. The molecule has 176 valence electrons. The predicted molar refractivity (Wildman–Crippen MR) is 125 cm³/mol. The number of aromatic nitrogens is 1. The maximum atomic E-state index is 13.0. The highest BCUT2D eigenvalue weighted by Crippen LogP contribution is 2.32. The highest BCUT2D eigenvalue weighted by molar-refractivity contribution is 6.07. The first-order valence-corrected chi connectivity index (χ1v) is 11.3. The average molecular weight is 463 g/mol. The summed E-state index contributed by atoms with van der Waals surface area (Å²) in [6.45, 7) is 2.96. The summed E-state index contributed by atoms with van der Waals surface area (Å²) in [6, 6.07) is 13.9. The number of carbonyl (C=O) groups is 2. The normalized spacial score (nSPS) is 16.4. The minimum atomic E-state index is -1.00. The Hall–Kier alpha value is -3.69. The van der Waals surface area contributed by atoms with E-state index in [-0.39, 0.29) is 12.7 Å². The van der Waals surface area contributed by atoms with E-state index in [1.54, 1.807) is 17.2 Å². The summed E-state index contributed by atoms with van der Waals surface area (Å²) in [5.41, 5.74) is 2.24. The molecule has 2 aliphatic rings. The van der Waals surface area contributed by atoms with Crippen LogP contribution in [0.15, 0.2) is 54.7 Å². The van der Waals surface area contributed by atoms with Crippen molar-refractivity contribution in [1.82, 2.24) is 20.1 Å². The SMILES string of the molecule is O=C(N[C@@H](CO)C(=O)N1CCN(Cc2ccc3c(c2)OCO3)CC1)c1ccnc2ccccc12. The number of hydrogen-bond acceptors (Lipinski definition) is 7. The van der Waals surface area contributed by atoms with Crippen LogP contribution in [0.5, 0.6) is 11.5 Å². The molecule has 9 nitrogen and oxygen atoms in total. The minimum absolute atomic E-state index is 0.250. The minimum Gasteiger partial charge on any atom is -0.454 e. The first-order valence-electron chi connectivity index (χ1n) is 11.3. The Labute approximate surface area is 196 Å². The molecule has 1 fully saturated rings. The van der Waals surface area contributed by atoms with Gasteiger partial charge in [-0.25, -0.2) is 0 Å². The third kappa shape index (κ3) is 4.52. The van der Waals surface area contributed by atoms with Crippen LogP contribution in [0.25, 0.3) is 10.9 Å². The van der Waals surface area contributed by atoms with Gasteiger partial charge in [0.15, 0.2) is 11.5 Å². The molecule has 0 radical (unpaired) electrons. The van der Waals surface area contributed by atoms with Crippen molar-refractivity contribution in [1.29, 1.82) is 0 Å². The van der Waals surface area contributed by atoms with Gasteiger partial charge < -0.3 is 24.8 Å². The van der Waals surface area contributed by atoms with E-state index in [1.807, 2.05) is 42.5 Å². The van der Waals surface area contributed by atoms with Gasteiger partial charge in [0, 0.05) is 44.3 Å². The Kier molecular flexibility index (Phi) is 6.29. The van der Waals surface area contributed by atoms with Crippen molar-refractivity contribution in [3.05, 3.63) is 65.9 Å². The number of carbonyl (C=O) groups excluding carboxylic acids is 2. The summed E-state index contributed by atoms with van der Waals surface area (Å²) in [5.74, 6) is 0.829. The van der Waals surface area contributed by atoms with Crippen molar-refractivity contribution >= 4 is 22.7 Å². The molecular weight excluding hydrogens is 436 g/mol. The molecule has 2 N–H and O–H groups in total. The lowest BCUT2D eigenvalue weighted by atomic mass is 10.1. The second kappa shape index (κ2) is 9.66. The lowest BCUT2D eigenvalue weighted by molar-refractivity contribution is -0.136. The van der Waals surface area contributed by atoms with Crippen molar-refractivity contribution in [3.63, 3.8) is 0 Å². The number of piperazine rings is 1. The molecule has 2 aromatic carbocycles. The summed E-state index contributed by atoms with van der Waals surface area (Å²) < 4.78 is 10.8. The molecule has 1 atom stereocenters. The van der Waals surface area contributed by atoms with Crippen LogP contribution < -0.4 is 14.8 Å². The monoisotopic (exact) mass is 462 g/mol. The number of rotatable bonds is 6. The molecule has 0 saturated carbocycles. The van der Waals surface area contributed by atoms with Gasteiger partial charge in [-0.15, -0.1) is 0 Å². The van der Waals surface area contributed by atoms with Crippen molar-refractivity contribution < 1.29 is 24.2 Å². The third-order valence-electron chi connectivity index (χ3n) is 6.21. The maximum absolute atomic E-state index is 13.0. The molecule has 34 heavy (non-hydrogen) atoms. The van der Waals surface area contributed by atoms with Gasteiger partial charge in [-0.2, -0.15) is 0 Å². The van der Waals surface area contributed by atoms with Gasteiger partial charge in [-0.3, -0.25) is 19.5 Å². The number of ether oxygens (including phenoxy) is 2. The average Bonchev–Trinajstić information content (AvgIpc) is 3.35. The first-order chi connectivity index (χ1) is 16.6. The number of amides is 2. The Balaban J connectivity index is 1.18. The second-order valence-corrected chi connectivity index (χ2v) is 8.37. The van der Waals surface area contributed by atoms with Crippen molar-refractivity contribution in [2.75, 3.05) is 39.6 Å². The Morgan fingerprint density at radius 3 is 2.65 bits per heavy atom. The number of nitrogens with zero attached hydrogens (tertiary/aromatic N) is 3. The van der Waals surface area contributed by atoms with E-state index in [9.17, 15) is 14.7 Å². The standard InChI is InChI=1S/C25H26N4O5/c30-15-21(27-24(31)19-7-8-26-20-4-2-1-3-18(19)20)25(32)29-11-9-28(10-12-29)14-17-5-6-22-23(13-17)34-16-33-22/h1-8,13,21,30H,9-12,14-16H2,(H,27,31)/t21-/m0/s1. The van der Waals surface area contributed by atoms with E-state index >= 15 is 0 Å². The van der Waals surface area contributed by atoms with Gasteiger partial charge in [0.25, 0.3) is 5.91 Å². The van der Waals surface area contributed by atoms with Gasteiger partial charge >= 0.3 is 0 Å². The largest absolute Gasteiger partial charge is 0.454 e. The molecule has 1 aromatic heterocycles. The van der Waals surface area contributed by atoms with Crippen molar-refractivity contribution in [2.45, 2.75) is 12.6 Å². The molecule has 2 amide bonds. The number of aliphatic hydroxyl groups excluding tert-OH is 1. The van der Waals surface area contributed by atoms with Crippen LogP contribution in [-0.2, 0) is 11.3 Å². The van der Waals surface area contributed by atoms with E-state index in [2.05, 4.69) is 15.2 Å². The summed E-state index contributed by atoms with van der Waals surface area (Å²) >= 11 is 0. The number of hydrogen-bond donors (Lipinski definition) is 2.